The lowest BCUT2D eigenvalue weighted by Gasteiger charge is -2.17. The molecular formula is C17H30BrNS. The Hall–Kier alpha value is 0.140. The maximum absolute atomic E-state index is 3.71. The van der Waals surface area contributed by atoms with Gasteiger partial charge in [0.25, 0.3) is 0 Å². The highest BCUT2D eigenvalue weighted by molar-refractivity contribution is 9.10. The van der Waals surface area contributed by atoms with Crippen LogP contribution in [-0.2, 0) is 0 Å². The van der Waals surface area contributed by atoms with Crippen LogP contribution in [-0.4, -0.2) is 6.54 Å². The van der Waals surface area contributed by atoms with Gasteiger partial charge < -0.3 is 5.32 Å². The summed E-state index contributed by atoms with van der Waals surface area (Å²) in [6.07, 6.45) is 11.0. The van der Waals surface area contributed by atoms with E-state index < -0.39 is 0 Å². The lowest BCUT2D eigenvalue weighted by atomic mass is 10.0. The van der Waals surface area contributed by atoms with E-state index in [2.05, 4.69) is 48.1 Å². The fourth-order valence-corrected chi connectivity index (χ4v) is 4.65. The van der Waals surface area contributed by atoms with Crippen LogP contribution < -0.4 is 5.32 Å². The summed E-state index contributed by atoms with van der Waals surface area (Å²) in [6.45, 7) is 7.72. The van der Waals surface area contributed by atoms with E-state index in [1.54, 1.807) is 0 Å². The Kier molecular flexibility index (Phi) is 9.83. The molecule has 0 aliphatic heterocycles. The highest BCUT2D eigenvalue weighted by atomic mass is 79.9. The Bertz CT molecular complexity index is 362. The second-order valence-electron chi connectivity index (χ2n) is 5.59. The highest BCUT2D eigenvalue weighted by Gasteiger charge is 2.15. The minimum atomic E-state index is 0.531. The van der Waals surface area contributed by atoms with Gasteiger partial charge in [0.1, 0.15) is 0 Å². The first kappa shape index (κ1) is 18.2. The second kappa shape index (κ2) is 10.8. The molecule has 20 heavy (non-hydrogen) atoms. The summed E-state index contributed by atoms with van der Waals surface area (Å²) in [6, 6.07) is 2.78. The number of aryl methyl sites for hydroxylation is 1. The van der Waals surface area contributed by atoms with Crippen LogP contribution in [0.4, 0.5) is 0 Å². The number of rotatable bonds is 11. The molecule has 1 unspecified atom stereocenters. The molecule has 1 nitrogen and oxygen atoms in total. The van der Waals surface area contributed by atoms with Gasteiger partial charge in [-0.1, -0.05) is 58.8 Å². The van der Waals surface area contributed by atoms with E-state index >= 15 is 0 Å². The number of nitrogens with one attached hydrogen (secondary N) is 1. The van der Waals surface area contributed by atoms with Gasteiger partial charge in [-0.15, -0.1) is 11.3 Å². The number of hydrogen-bond donors (Lipinski definition) is 1. The number of thiophene rings is 1. The summed E-state index contributed by atoms with van der Waals surface area (Å²) in [5, 5.41) is 3.64. The predicted octanol–water partition coefficient (Wildman–Crippen LogP) is 6.61. The fourth-order valence-electron chi connectivity index (χ4n) is 2.62. The lowest BCUT2D eigenvalue weighted by Crippen LogP contribution is -2.20. The first-order chi connectivity index (χ1) is 9.69. The Morgan fingerprint density at radius 3 is 2.30 bits per heavy atom. The molecule has 0 aliphatic rings. The molecule has 0 saturated carbocycles. The third-order valence-electron chi connectivity index (χ3n) is 3.70. The molecule has 0 aromatic carbocycles. The van der Waals surface area contributed by atoms with Crippen molar-refractivity contribution in [1.82, 2.24) is 5.32 Å². The van der Waals surface area contributed by atoms with Crippen LogP contribution in [0.3, 0.4) is 0 Å². The standard InChI is InChI=1S/C17H30BrNS/c1-4-6-7-8-9-10-11-12-16(19-5-2)17-15(18)13-14(3)20-17/h13,16,19H,4-12H2,1-3H3. The van der Waals surface area contributed by atoms with Crippen LogP contribution >= 0.6 is 27.3 Å². The molecule has 1 atom stereocenters. The van der Waals surface area contributed by atoms with Crippen molar-refractivity contribution in [3.8, 4) is 0 Å². The molecule has 0 spiro atoms. The van der Waals surface area contributed by atoms with Crippen molar-refractivity contribution in [3.63, 3.8) is 0 Å². The molecule has 1 N–H and O–H groups in total. The average molecular weight is 360 g/mol. The van der Waals surface area contributed by atoms with Gasteiger partial charge in [-0.3, -0.25) is 0 Å². The molecule has 0 radical (unpaired) electrons. The highest BCUT2D eigenvalue weighted by Crippen LogP contribution is 2.34. The van der Waals surface area contributed by atoms with Gasteiger partial charge in [-0.2, -0.15) is 0 Å². The van der Waals surface area contributed by atoms with Gasteiger partial charge in [-0.25, -0.2) is 0 Å². The first-order valence-electron chi connectivity index (χ1n) is 8.18. The molecule has 3 heteroatoms. The van der Waals surface area contributed by atoms with Gasteiger partial charge >= 0.3 is 0 Å². The maximum Gasteiger partial charge on any atom is 0.0426 e. The lowest BCUT2D eigenvalue weighted by molar-refractivity contribution is 0.480. The zero-order valence-electron chi connectivity index (χ0n) is 13.3. The van der Waals surface area contributed by atoms with Crippen LogP contribution in [0.5, 0.6) is 0 Å². The number of unbranched alkanes of at least 4 members (excludes halogenated alkanes) is 6. The van der Waals surface area contributed by atoms with E-state index in [1.807, 2.05) is 11.3 Å². The third kappa shape index (κ3) is 6.73. The summed E-state index contributed by atoms with van der Waals surface area (Å²) in [4.78, 5) is 2.88. The Balaban J connectivity index is 2.31. The average Bonchev–Trinajstić information content (AvgIpc) is 2.75. The first-order valence-corrected chi connectivity index (χ1v) is 9.79. The Morgan fingerprint density at radius 2 is 1.75 bits per heavy atom. The summed E-state index contributed by atoms with van der Waals surface area (Å²) in [5.41, 5.74) is 0. The van der Waals surface area contributed by atoms with Crippen LogP contribution in [0.2, 0.25) is 0 Å². The molecular weight excluding hydrogens is 330 g/mol. The van der Waals surface area contributed by atoms with E-state index in [0.29, 0.717) is 6.04 Å². The molecule has 0 bridgehead atoms. The zero-order valence-corrected chi connectivity index (χ0v) is 15.7. The largest absolute Gasteiger partial charge is 0.309 e. The van der Waals surface area contributed by atoms with Gasteiger partial charge in [0, 0.05) is 20.3 Å². The van der Waals surface area contributed by atoms with Crippen LogP contribution in [0.1, 0.15) is 81.0 Å². The molecule has 1 aromatic rings. The van der Waals surface area contributed by atoms with Crippen LogP contribution in [0, 0.1) is 6.92 Å². The monoisotopic (exact) mass is 359 g/mol. The van der Waals surface area contributed by atoms with Crippen LogP contribution in [0.25, 0.3) is 0 Å². The summed E-state index contributed by atoms with van der Waals surface area (Å²) < 4.78 is 1.29. The van der Waals surface area contributed by atoms with Crippen molar-refractivity contribution in [2.45, 2.75) is 78.2 Å². The number of halogens is 1. The molecule has 0 saturated heterocycles. The smallest absolute Gasteiger partial charge is 0.0426 e. The maximum atomic E-state index is 3.71. The van der Waals surface area contributed by atoms with Gasteiger partial charge in [0.15, 0.2) is 0 Å². The molecule has 0 amide bonds. The summed E-state index contributed by atoms with van der Waals surface area (Å²) >= 11 is 5.64. The van der Waals surface area contributed by atoms with Crippen molar-refractivity contribution in [2.75, 3.05) is 6.54 Å². The van der Waals surface area contributed by atoms with Crippen molar-refractivity contribution >= 4 is 27.3 Å². The Morgan fingerprint density at radius 1 is 1.10 bits per heavy atom. The zero-order chi connectivity index (χ0) is 14.8. The summed E-state index contributed by atoms with van der Waals surface area (Å²) in [5.74, 6) is 0. The van der Waals surface area contributed by atoms with E-state index in [0.717, 1.165) is 6.54 Å². The SMILES string of the molecule is CCCCCCCCCC(NCC)c1sc(C)cc1Br. The van der Waals surface area contributed by atoms with E-state index in [1.165, 1.54) is 65.6 Å². The number of hydrogen-bond acceptors (Lipinski definition) is 2. The van der Waals surface area contributed by atoms with Crippen molar-refractivity contribution in [1.29, 1.82) is 0 Å². The third-order valence-corrected chi connectivity index (χ3v) is 5.78. The molecule has 1 heterocycles. The van der Waals surface area contributed by atoms with Crippen molar-refractivity contribution in [2.24, 2.45) is 0 Å². The van der Waals surface area contributed by atoms with Crippen LogP contribution in [0.15, 0.2) is 10.5 Å². The van der Waals surface area contributed by atoms with Gasteiger partial charge in [0.05, 0.1) is 0 Å². The molecule has 1 rings (SSSR count). The molecule has 0 fully saturated rings. The normalized spacial score (nSPS) is 12.8. The van der Waals surface area contributed by atoms with Gasteiger partial charge in [0.2, 0.25) is 0 Å². The molecule has 0 aliphatic carbocycles. The van der Waals surface area contributed by atoms with E-state index in [9.17, 15) is 0 Å². The minimum absolute atomic E-state index is 0.531. The molecule has 116 valence electrons. The van der Waals surface area contributed by atoms with E-state index in [4.69, 9.17) is 0 Å². The Labute approximate surface area is 137 Å². The van der Waals surface area contributed by atoms with Crippen molar-refractivity contribution < 1.29 is 0 Å². The van der Waals surface area contributed by atoms with E-state index in [-0.39, 0.29) is 0 Å². The second-order valence-corrected chi connectivity index (χ2v) is 7.73. The quantitative estimate of drug-likeness (QED) is 0.438. The molecule has 1 aromatic heterocycles. The van der Waals surface area contributed by atoms with Gasteiger partial charge in [-0.05, 0) is 41.9 Å². The minimum Gasteiger partial charge on any atom is -0.309 e. The van der Waals surface area contributed by atoms with Crippen molar-refractivity contribution in [3.05, 3.63) is 20.3 Å². The topological polar surface area (TPSA) is 12.0 Å². The fraction of sp³-hybridized carbons (Fsp3) is 0.765. The predicted molar refractivity (Wildman–Crippen MR) is 95.8 cm³/mol. The summed E-state index contributed by atoms with van der Waals surface area (Å²) in [7, 11) is 0.